The number of piperazine rings is 1. The monoisotopic (exact) mass is 331 g/mol. The van der Waals surface area contributed by atoms with Crippen LogP contribution in [0.5, 0.6) is 0 Å². The van der Waals surface area contributed by atoms with Crippen LogP contribution in [0.1, 0.15) is 10.4 Å². The van der Waals surface area contributed by atoms with Gasteiger partial charge in [0.05, 0.1) is 20.5 Å². The Morgan fingerprint density at radius 3 is 2.33 bits per heavy atom. The van der Waals surface area contributed by atoms with E-state index in [4.69, 9.17) is 23.2 Å². The third-order valence-electron chi connectivity index (χ3n) is 2.69. The summed E-state index contributed by atoms with van der Waals surface area (Å²) in [5, 5.41) is 12.5. The third-order valence-corrected chi connectivity index (χ3v) is 3.49. The number of nitrogens with zero attached hydrogens (tertiary/aromatic N) is 2. The number of halogens is 2. The van der Waals surface area contributed by atoms with Gasteiger partial charge < -0.3 is 4.90 Å². The molecule has 10 heteroatoms. The number of nitro benzene ring substituents is 1. The average Bonchev–Trinajstić information content (AvgIpc) is 2.39. The Hall–Kier alpha value is -2.19. The summed E-state index contributed by atoms with van der Waals surface area (Å²) in [5.41, 5.74) is -0.654. The van der Waals surface area contributed by atoms with Gasteiger partial charge in [-0.2, -0.15) is 0 Å². The minimum atomic E-state index is -0.784. The van der Waals surface area contributed by atoms with Crippen LogP contribution in [0, 0.1) is 10.1 Å². The standard InChI is InChI=1S/C11H7Cl2N3O5/c12-7-2-5(16(20)21)1-6(10(7)13)11(19)15-3-8(17)14-9(18)4-15/h1-2H,3-4H2,(H,14,17,18). The Bertz CT molecular complexity index is 660. The van der Waals surface area contributed by atoms with Gasteiger partial charge in [0.25, 0.3) is 11.6 Å². The van der Waals surface area contributed by atoms with Gasteiger partial charge in [-0.15, -0.1) is 0 Å². The summed E-state index contributed by atoms with van der Waals surface area (Å²) in [6, 6.07) is 1.96. The maximum atomic E-state index is 12.3. The molecule has 0 aliphatic carbocycles. The Morgan fingerprint density at radius 2 is 1.81 bits per heavy atom. The summed E-state index contributed by atoms with van der Waals surface area (Å²) < 4.78 is 0. The number of rotatable bonds is 2. The summed E-state index contributed by atoms with van der Waals surface area (Å²) >= 11 is 11.6. The molecular weight excluding hydrogens is 325 g/mol. The van der Waals surface area contributed by atoms with Crippen molar-refractivity contribution in [2.45, 2.75) is 0 Å². The lowest BCUT2D eigenvalue weighted by molar-refractivity contribution is -0.384. The molecule has 1 aliphatic rings. The molecule has 3 amide bonds. The van der Waals surface area contributed by atoms with Crippen LogP contribution in [0.3, 0.4) is 0 Å². The lowest BCUT2D eigenvalue weighted by Gasteiger charge is -2.25. The van der Waals surface area contributed by atoms with Crippen LogP contribution in [0.2, 0.25) is 10.0 Å². The van der Waals surface area contributed by atoms with E-state index in [-0.39, 0.29) is 28.7 Å². The Kier molecular flexibility index (Phi) is 4.10. The minimum absolute atomic E-state index is 0.165. The van der Waals surface area contributed by atoms with Crippen LogP contribution in [-0.4, -0.2) is 40.6 Å². The van der Waals surface area contributed by atoms with Crippen LogP contribution < -0.4 is 5.32 Å². The van der Waals surface area contributed by atoms with Gasteiger partial charge in [-0.1, -0.05) is 23.2 Å². The van der Waals surface area contributed by atoms with Crippen LogP contribution in [0.4, 0.5) is 5.69 Å². The Morgan fingerprint density at radius 1 is 1.24 bits per heavy atom. The highest BCUT2D eigenvalue weighted by molar-refractivity contribution is 6.44. The molecule has 0 radical (unpaired) electrons. The number of amides is 3. The second kappa shape index (κ2) is 5.66. The first-order valence-corrected chi connectivity index (χ1v) is 6.30. The van der Waals surface area contributed by atoms with Crippen LogP contribution >= 0.6 is 23.2 Å². The van der Waals surface area contributed by atoms with Crippen LogP contribution in [-0.2, 0) is 9.59 Å². The number of nitro groups is 1. The van der Waals surface area contributed by atoms with E-state index >= 15 is 0 Å². The van der Waals surface area contributed by atoms with Crippen molar-refractivity contribution < 1.29 is 19.3 Å². The Balaban J connectivity index is 2.41. The molecule has 0 aromatic heterocycles. The smallest absolute Gasteiger partial charge is 0.271 e. The Labute approximate surface area is 127 Å². The maximum absolute atomic E-state index is 12.3. The normalized spacial score (nSPS) is 14.9. The number of carbonyl (C=O) groups is 3. The molecule has 2 rings (SSSR count). The first kappa shape index (κ1) is 15.2. The van der Waals surface area contributed by atoms with E-state index in [0.717, 1.165) is 17.0 Å². The number of non-ortho nitro benzene ring substituents is 1. The maximum Gasteiger partial charge on any atom is 0.271 e. The van der Waals surface area contributed by atoms with Gasteiger partial charge in [0.1, 0.15) is 13.1 Å². The van der Waals surface area contributed by atoms with Crippen LogP contribution in [0.15, 0.2) is 12.1 Å². The van der Waals surface area contributed by atoms with Crippen molar-refractivity contribution in [3.8, 4) is 0 Å². The fourth-order valence-corrected chi connectivity index (χ4v) is 2.19. The molecule has 1 N–H and O–H groups in total. The third kappa shape index (κ3) is 3.11. The van der Waals surface area contributed by atoms with Gasteiger partial charge >= 0.3 is 0 Å². The lowest BCUT2D eigenvalue weighted by atomic mass is 10.1. The number of nitrogens with one attached hydrogen (secondary N) is 1. The fraction of sp³-hybridized carbons (Fsp3) is 0.182. The molecule has 0 spiro atoms. The number of hydrogen-bond donors (Lipinski definition) is 1. The van der Waals surface area contributed by atoms with Crippen molar-refractivity contribution in [3.05, 3.63) is 37.9 Å². The SMILES string of the molecule is O=C1CN(C(=O)c2cc([N+](=O)[O-])cc(Cl)c2Cl)CC(=O)N1. The van der Waals surface area contributed by atoms with E-state index in [1.54, 1.807) is 0 Å². The van der Waals surface area contributed by atoms with E-state index < -0.39 is 28.3 Å². The van der Waals surface area contributed by atoms with Gasteiger partial charge in [-0.3, -0.25) is 29.8 Å². The highest BCUT2D eigenvalue weighted by Crippen LogP contribution is 2.31. The topological polar surface area (TPSA) is 110 Å². The number of benzene rings is 1. The van der Waals surface area contributed by atoms with Gasteiger partial charge in [-0.25, -0.2) is 0 Å². The largest absolute Gasteiger partial charge is 0.320 e. The minimum Gasteiger partial charge on any atom is -0.320 e. The molecule has 1 fully saturated rings. The zero-order valence-corrected chi connectivity index (χ0v) is 11.8. The molecule has 8 nitrogen and oxygen atoms in total. The zero-order valence-electron chi connectivity index (χ0n) is 10.3. The fourth-order valence-electron chi connectivity index (χ4n) is 1.79. The molecule has 0 unspecified atom stereocenters. The molecule has 0 saturated carbocycles. The van der Waals surface area contributed by atoms with Crippen molar-refractivity contribution in [1.82, 2.24) is 10.2 Å². The zero-order chi connectivity index (χ0) is 15.7. The summed E-state index contributed by atoms with van der Waals surface area (Å²) in [6.07, 6.45) is 0. The molecule has 1 saturated heterocycles. The van der Waals surface area contributed by atoms with Crippen molar-refractivity contribution in [1.29, 1.82) is 0 Å². The highest BCUT2D eigenvalue weighted by atomic mass is 35.5. The second-order valence-electron chi connectivity index (χ2n) is 4.18. The predicted molar refractivity (Wildman–Crippen MR) is 72.2 cm³/mol. The molecule has 110 valence electrons. The molecule has 21 heavy (non-hydrogen) atoms. The van der Waals surface area contributed by atoms with Crippen molar-refractivity contribution in [2.75, 3.05) is 13.1 Å². The molecule has 0 bridgehead atoms. The summed E-state index contributed by atoms with van der Waals surface area (Å²) in [7, 11) is 0. The molecule has 0 atom stereocenters. The number of hydrogen-bond acceptors (Lipinski definition) is 5. The molecule has 1 aromatic rings. The van der Waals surface area contributed by atoms with Gasteiger partial charge in [0.2, 0.25) is 11.8 Å². The van der Waals surface area contributed by atoms with E-state index in [1.807, 2.05) is 5.32 Å². The first-order valence-electron chi connectivity index (χ1n) is 5.55. The molecule has 1 aliphatic heterocycles. The van der Waals surface area contributed by atoms with Crippen LogP contribution in [0.25, 0.3) is 0 Å². The number of imide groups is 1. The summed E-state index contributed by atoms with van der Waals surface area (Å²) in [6.45, 7) is -0.692. The first-order chi connectivity index (χ1) is 9.79. The van der Waals surface area contributed by atoms with E-state index in [9.17, 15) is 24.5 Å². The van der Waals surface area contributed by atoms with Gasteiger partial charge in [-0.05, 0) is 0 Å². The summed E-state index contributed by atoms with van der Waals surface area (Å²) in [4.78, 5) is 45.8. The van der Waals surface area contributed by atoms with E-state index in [1.165, 1.54) is 0 Å². The van der Waals surface area contributed by atoms with Crippen molar-refractivity contribution in [2.24, 2.45) is 0 Å². The van der Waals surface area contributed by atoms with Crippen molar-refractivity contribution in [3.63, 3.8) is 0 Å². The molecular formula is C11H7Cl2N3O5. The molecule has 1 heterocycles. The average molecular weight is 332 g/mol. The quantitative estimate of drug-likeness (QED) is 0.494. The van der Waals surface area contributed by atoms with Gasteiger partial charge in [0, 0.05) is 12.1 Å². The van der Waals surface area contributed by atoms with Crippen molar-refractivity contribution >= 4 is 46.6 Å². The van der Waals surface area contributed by atoms with E-state index in [2.05, 4.69) is 0 Å². The van der Waals surface area contributed by atoms with E-state index in [0.29, 0.717) is 0 Å². The lowest BCUT2D eigenvalue weighted by Crippen LogP contribution is -2.53. The highest BCUT2D eigenvalue weighted by Gasteiger charge is 2.30. The second-order valence-corrected chi connectivity index (χ2v) is 4.96. The summed E-state index contributed by atoms with van der Waals surface area (Å²) in [5.74, 6) is -2.08. The predicted octanol–water partition coefficient (Wildman–Crippen LogP) is 1.00. The molecule has 1 aromatic carbocycles. The number of carbonyl (C=O) groups excluding carboxylic acids is 3. The van der Waals surface area contributed by atoms with Gasteiger partial charge in [0.15, 0.2) is 0 Å².